The summed E-state index contributed by atoms with van der Waals surface area (Å²) in [6, 6.07) is 12.1. The fraction of sp³-hybridized carbons (Fsp3) is 0.100. The highest BCUT2D eigenvalue weighted by atomic mass is 35.5. The summed E-state index contributed by atoms with van der Waals surface area (Å²) in [7, 11) is 0. The van der Waals surface area contributed by atoms with E-state index in [0.717, 1.165) is 5.39 Å². The number of rotatable bonds is 4. The second-order valence-electron chi connectivity index (χ2n) is 6.19. The van der Waals surface area contributed by atoms with Crippen LogP contribution in [-0.2, 0) is 0 Å². The number of pyridine rings is 1. The topological polar surface area (TPSA) is 80.9 Å². The van der Waals surface area contributed by atoms with E-state index in [1.807, 2.05) is 6.07 Å². The number of hydrogen-bond acceptors (Lipinski definition) is 5. The van der Waals surface area contributed by atoms with Crippen molar-refractivity contribution in [3.8, 4) is 11.4 Å². The van der Waals surface area contributed by atoms with Crippen LogP contribution in [0.4, 0.5) is 4.39 Å². The average molecular weight is 397 g/mol. The Morgan fingerprint density at radius 1 is 1.21 bits per heavy atom. The van der Waals surface area contributed by atoms with Gasteiger partial charge in [0.15, 0.2) is 0 Å². The maximum Gasteiger partial charge on any atom is 0.254 e. The fourth-order valence-electron chi connectivity index (χ4n) is 2.79. The van der Waals surface area contributed by atoms with Gasteiger partial charge in [-0.05, 0) is 49.4 Å². The van der Waals surface area contributed by atoms with Crippen molar-refractivity contribution in [1.82, 2.24) is 20.4 Å². The molecule has 2 aromatic carbocycles. The molecule has 28 heavy (non-hydrogen) atoms. The number of amides is 1. The zero-order valence-electron chi connectivity index (χ0n) is 14.7. The lowest BCUT2D eigenvalue weighted by atomic mass is 10.1. The molecule has 6 nitrogen and oxygen atoms in total. The van der Waals surface area contributed by atoms with Gasteiger partial charge in [0.25, 0.3) is 5.91 Å². The van der Waals surface area contributed by atoms with E-state index in [2.05, 4.69) is 20.4 Å². The van der Waals surface area contributed by atoms with Gasteiger partial charge in [-0.25, -0.2) is 4.39 Å². The second kappa shape index (κ2) is 7.36. The SMILES string of the molecule is CC(NC(=O)c1cc(Cl)cc2cccnc12)c1nc(-c2ccc(F)cc2)no1. The Morgan fingerprint density at radius 2 is 2.00 bits per heavy atom. The molecule has 8 heteroatoms. The van der Waals surface area contributed by atoms with Crippen LogP contribution in [0, 0.1) is 5.82 Å². The first-order chi connectivity index (χ1) is 13.5. The molecule has 0 fully saturated rings. The fourth-order valence-corrected chi connectivity index (χ4v) is 3.02. The molecule has 1 unspecified atom stereocenters. The smallest absolute Gasteiger partial charge is 0.254 e. The van der Waals surface area contributed by atoms with Gasteiger partial charge in [0.1, 0.15) is 11.9 Å². The summed E-state index contributed by atoms with van der Waals surface area (Å²) in [5, 5.41) is 7.91. The number of hydrogen-bond donors (Lipinski definition) is 1. The van der Waals surface area contributed by atoms with Crippen molar-refractivity contribution >= 4 is 28.4 Å². The minimum atomic E-state index is -0.549. The molecule has 1 amide bonds. The number of nitrogens with one attached hydrogen (secondary N) is 1. The molecular formula is C20H14ClFN4O2. The molecule has 0 saturated heterocycles. The highest BCUT2D eigenvalue weighted by molar-refractivity contribution is 6.32. The monoisotopic (exact) mass is 396 g/mol. The molecule has 4 aromatic rings. The lowest BCUT2D eigenvalue weighted by Gasteiger charge is -2.11. The molecule has 0 saturated carbocycles. The zero-order valence-corrected chi connectivity index (χ0v) is 15.4. The van der Waals surface area contributed by atoms with Gasteiger partial charge in [0.2, 0.25) is 11.7 Å². The van der Waals surface area contributed by atoms with Crippen LogP contribution in [0.1, 0.15) is 29.2 Å². The lowest BCUT2D eigenvalue weighted by molar-refractivity contribution is 0.0934. The van der Waals surface area contributed by atoms with E-state index >= 15 is 0 Å². The van der Waals surface area contributed by atoms with E-state index in [9.17, 15) is 9.18 Å². The Kier molecular flexibility index (Phi) is 4.75. The van der Waals surface area contributed by atoms with Crippen LogP contribution in [0.3, 0.4) is 0 Å². The first-order valence-corrected chi connectivity index (χ1v) is 8.84. The third kappa shape index (κ3) is 3.57. The minimum absolute atomic E-state index is 0.229. The van der Waals surface area contributed by atoms with Crippen molar-refractivity contribution in [2.75, 3.05) is 0 Å². The predicted octanol–water partition coefficient (Wildman–Crippen LogP) is 4.57. The molecule has 140 valence electrons. The molecule has 0 aliphatic rings. The molecule has 0 spiro atoms. The zero-order chi connectivity index (χ0) is 19.7. The van der Waals surface area contributed by atoms with E-state index in [1.54, 1.807) is 43.5 Å². The van der Waals surface area contributed by atoms with Gasteiger partial charge in [-0.3, -0.25) is 9.78 Å². The van der Waals surface area contributed by atoms with Crippen LogP contribution in [0.5, 0.6) is 0 Å². The number of carbonyl (C=O) groups excluding carboxylic acids is 1. The number of benzene rings is 2. The first kappa shape index (κ1) is 18.1. The van der Waals surface area contributed by atoms with E-state index in [-0.39, 0.29) is 17.6 Å². The molecule has 0 aliphatic heterocycles. The predicted molar refractivity (Wildman–Crippen MR) is 102 cm³/mol. The third-order valence-electron chi connectivity index (χ3n) is 4.18. The van der Waals surface area contributed by atoms with Crippen molar-refractivity contribution in [2.45, 2.75) is 13.0 Å². The van der Waals surface area contributed by atoms with Gasteiger partial charge in [0, 0.05) is 22.2 Å². The quantitative estimate of drug-likeness (QED) is 0.546. The number of fused-ring (bicyclic) bond motifs is 1. The van der Waals surface area contributed by atoms with Gasteiger partial charge in [0.05, 0.1) is 11.1 Å². The van der Waals surface area contributed by atoms with Gasteiger partial charge >= 0.3 is 0 Å². The third-order valence-corrected chi connectivity index (χ3v) is 4.39. The van der Waals surface area contributed by atoms with Crippen molar-refractivity contribution in [2.24, 2.45) is 0 Å². The Morgan fingerprint density at radius 3 is 2.79 bits per heavy atom. The van der Waals surface area contributed by atoms with Crippen LogP contribution in [0.15, 0.2) is 59.3 Å². The van der Waals surface area contributed by atoms with E-state index in [0.29, 0.717) is 27.5 Å². The average Bonchev–Trinajstić information content (AvgIpc) is 3.18. The maximum atomic E-state index is 13.1. The molecule has 0 bridgehead atoms. The van der Waals surface area contributed by atoms with Crippen molar-refractivity contribution in [1.29, 1.82) is 0 Å². The molecule has 2 heterocycles. The molecule has 2 aromatic heterocycles. The summed E-state index contributed by atoms with van der Waals surface area (Å²) in [6.45, 7) is 1.72. The normalized spacial score (nSPS) is 12.1. The maximum absolute atomic E-state index is 13.1. The van der Waals surface area contributed by atoms with Crippen LogP contribution >= 0.6 is 11.6 Å². The summed E-state index contributed by atoms with van der Waals surface area (Å²) in [5.74, 6) is -0.173. The Labute approximate surface area is 164 Å². The van der Waals surface area contributed by atoms with Crippen molar-refractivity contribution in [3.05, 3.63) is 77.0 Å². The van der Waals surface area contributed by atoms with Gasteiger partial charge < -0.3 is 9.84 Å². The molecular weight excluding hydrogens is 383 g/mol. The Bertz CT molecular complexity index is 1160. The van der Waals surface area contributed by atoms with Crippen molar-refractivity contribution < 1.29 is 13.7 Å². The van der Waals surface area contributed by atoms with Crippen molar-refractivity contribution in [3.63, 3.8) is 0 Å². The number of halogens is 2. The van der Waals surface area contributed by atoms with Crippen LogP contribution in [-0.4, -0.2) is 21.0 Å². The standard InChI is InChI=1S/C20H14ClFN4O2/c1-11(20-25-18(26-28-20)12-4-6-15(22)7-5-12)24-19(27)16-10-14(21)9-13-3-2-8-23-17(13)16/h2-11H,1H3,(H,24,27). The molecule has 1 atom stereocenters. The lowest BCUT2D eigenvalue weighted by Crippen LogP contribution is -2.27. The summed E-state index contributed by atoms with van der Waals surface area (Å²) in [4.78, 5) is 21.3. The van der Waals surface area contributed by atoms with Gasteiger partial charge in [-0.1, -0.05) is 22.8 Å². The largest absolute Gasteiger partial charge is 0.340 e. The molecule has 1 N–H and O–H groups in total. The van der Waals surface area contributed by atoms with Crippen LogP contribution < -0.4 is 5.32 Å². The van der Waals surface area contributed by atoms with Gasteiger partial charge in [-0.2, -0.15) is 4.98 Å². The summed E-state index contributed by atoms with van der Waals surface area (Å²) >= 11 is 6.13. The summed E-state index contributed by atoms with van der Waals surface area (Å²) in [6.07, 6.45) is 1.61. The van der Waals surface area contributed by atoms with E-state index < -0.39 is 6.04 Å². The second-order valence-corrected chi connectivity index (χ2v) is 6.62. The molecule has 0 aliphatic carbocycles. The van der Waals surface area contributed by atoms with E-state index in [1.165, 1.54) is 12.1 Å². The highest BCUT2D eigenvalue weighted by Crippen LogP contribution is 2.24. The molecule has 4 rings (SSSR count). The Balaban J connectivity index is 1.57. The van der Waals surface area contributed by atoms with E-state index in [4.69, 9.17) is 16.1 Å². The highest BCUT2D eigenvalue weighted by Gasteiger charge is 2.20. The molecule has 0 radical (unpaired) electrons. The van der Waals surface area contributed by atoms with Gasteiger partial charge in [-0.15, -0.1) is 0 Å². The summed E-state index contributed by atoms with van der Waals surface area (Å²) in [5.41, 5.74) is 1.52. The number of nitrogens with zero attached hydrogens (tertiary/aromatic N) is 3. The van der Waals surface area contributed by atoms with Crippen LogP contribution in [0.25, 0.3) is 22.3 Å². The first-order valence-electron chi connectivity index (χ1n) is 8.46. The number of carbonyl (C=O) groups is 1. The van der Waals surface area contributed by atoms with Crippen LogP contribution in [0.2, 0.25) is 5.02 Å². The summed E-state index contributed by atoms with van der Waals surface area (Å²) < 4.78 is 18.3. The minimum Gasteiger partial charge on any atom is -0.340 e. The number of aromatic nitrogens is 3. The Hall–Kier alpha value is -3.32.